The van der Waals surface area contributed by atoms with E-state index in [-0.39, 0.29) is 15.8 Å². The average molecular weight is 302 g/mol. The second-order valence-corrected chi connectivity index (χ2v) is 6.24. The number of alkyl halides is 2. The molecule has 4 heteroatoms. The summed E-state index contributed by atoms with van der Waals surface area (Å²) in [4.78, 5) is 0.273. The van der Waals surface area contributed by atoms with E-state index in [0.717, 1.165) is 6.42 Å². The van der Waals surface area contributed by atoms with Gasteiger partial charge in [-0.3, -0.25) is 0 Å². The predicted octanol–water partition coefficient (Wildman–Crippen LogP) is 4.07. The number of rotatable bonds is 1. The van der Waals surface area contributed by atoms with Crippen LogP contribution in [0.15, 0.2) is 11.6 Å². The van der Waals surface area contributed by atoms with Gasteiger partial charge in [0.1, 0.15) is 5.60 Å². The highest BCUT2D eigenvalue weighted by Crippen LogP contribution is 2.42. The monoisotopic (exact) mass is 300 g/mol. The minimum absolute atomic E-state index is 0.0603. The maximum atomic E-state index is 6.26. The van der Waals surface area contributed by atoms with Gasteiger partial charge in [0.2, 0.25) is 0 Å². The third-order valence-corrected chi connectivity index (χ3v) is 4.88. The lowest BCUT2D eigenvalue weighted by atomic mass is 9.87. The molecular formula is C10H15BrCl2O. The van der Waals surface area contributed by atoms with Gasteiger partial charge in [-0.05, 0) is 33.3 Å². The molecule has 82 valence electrons. The predicted molar refractivity (Wildman–Crippen MR) is 65.5 cm³/mol. The lowest BCUT2D eigenvalue weighted by molar-refractivity contribution is -0.131. The summed E-state index contributed by atoms with van der Waals surface area (Å²) in [6.07, 6.45) is 2.68. The number of ether oxygens (including phenoxy) is 1. The molecule has 1 saturated heterocycles. The quantitative estimate of drug-likeness (QED) is 0.664. The van der Waals surface area contributed by atoms with Gasteiger partial charge in [0, 0.05) is 10.4 Å². The Bertz CT molecular complexity index is 242. The van der Waals surface area contributed by atoms with Crippen LogP contribution >= 0.6 is 39.1 Å². The van der Waals surface area contributed by atoms with Gasteiger partial charge in [-0.1, -0.05) is 27.5 Å². The Hall–Kier alpha value is 0.760. The van der Waals surface area contributed by atoms with E-state index >= 15 is 0 Å². The first-order valence-electron chi connectivity index (χ1n) is 4.58. The van der Waals surface area contributed by atoms with Gasteiger partial charge in [0.25, 0.3) is 0 Å². The lowest BCUT2D eigenvalue weighted by Crippen LogP contribution is -2.54. The van der Waals surface area contributed by atoms with Crippen molar-refractivity contribution in [1.82, 2.24) is 0 Å². The Morgan fingerprint density at radius 1 is 1.43 bits per heavy atom. The standard InChI is InChI=1S/C10H15BrCl2O/c1-9(2)7(11)6-8(13)10(3,14-9)4-5-12/h4-5,7-8H,6H2,1-3H3/b5-4+/t7-,8+,10+/m1/s1. The summed E-state index contributed by atoms with van der Waals surface area (Å²) >= 11 is 15.4. The van der Waals surface area contributed by atoms with Gasteiger partial charge >= 0.3 is 0 Å². The molecule has 0 radical (unpaired) electrons. The van der Waals surface area contributed by atoms with Gasteiger partial charge in [0.05, 0.1) is 11.0 Å². The molecule has 1 fully saturated rings. The molecule has 0 aliphatic carbocycles. The molecule has 0 saturated carbocycles. The molecule has 1 aliphatic rings. The molecule has 1 nitrogen and oxygen atoms in total. The Morgan fingerprint density at radius 2 is 2.00 bits per heavy atom. The van der Waals surface area contributed by atoms with E-state index in [1.54, 1.807) is 0 Å². The number of hydrogen-bond donors (Lipinski definition) is 0. The van der Waals surface area contributed by atoms with Gasteiger partial charge in [-0.25, -0.2) is 0 Å². The summed E-state index contributed by atoms with van der Waals surface area (Å²) in [5.41, 5.74) is 0.771. The van der Waals surface area contributed by atoms with E-state index in [0.29, 0.717) is 0 Å². The third kappa shape index (κ3) is 2.46. The van der Waals surface area contributed by atoms with Gasteiger partial charge in [-0.15, -0.1) is 11.6 Å². The highest BCUT2D eigenvalue weighted by Gasteiger charge is 2.46. The molecule has 1 rings (SSSR count). The van der Waals surface area contributed by atoms with Crippen LogP contribution in [-0.4, -0.2) is 21.4 Å². The minimum Gasteiger partial charge on any atom is -0.363 e. The maximum absolute atomic E-state index is 6.26. The molecule has 1 aliphatic heterocycles. The molecule has 0 bridgehead atoms. The second-order valence-electron chi connectivity index (χ2n) is 4.35. The van der Waals surface area contributed by atoms with Gasteiger partial charge in [0.15, 0.2) is 0 Å². The first-order chi connectivity index (χ1) is 6.32. The van der Waals surface area contributed by atoms with Crippen molar-refractivity contribution >= 4 is 39.1 Å². The summed E-state index contributed by atoms with van der Waals surface area (Å²) in [5.74, 6) is 0. The maximum Gasteiger partial charge on any atom is 0.102 e. The molecule has 0 N–H and O–H groups in total. The zero-order valence-corrected chi connectivity index (χ0v) is 11.7. The molecule has 3 atom stereocenters. The molecule has 0 aromatic rings. The fourth-order valence-electron chi connectivity index (χ4n) is 1.66. The molecule has 0 unspecified atom stereocenters. The SMILES string of the molecule is CC1(C)O[C@@](C)(/C=C/Cl)[C@@H](Cl)C[C@H]1Br. The number of halogens is 3. The lowest BCUT2D eigenvalue weighted by Gasteiger charge is -2.47. The molecule has 0 amide bonds. The van der Waals surface area contributed by atoms with Crippen molar-refractivity contribution in [2.24, 2.45) is 0 Å². The van der Waals surface area contributed by atoms with Crippen LogP contribution in [0, 0.1) is 0 Å². The second kappa shape index (κ2) is 4.32. The van der Waals surface area contributed by atoms with Crippen LogP contribution < -0.4 is 0 Å². The summed E-state index contributed by atoms with van der Waals surface area (Å²) in [5, 5.41) is -0.0603. The Balaban J connectivity index is 2.89. The van der Waals surface area contributed by atoms with Crippen LogP contribution in [0.1, 0.15) is 27.2 Å². The third-order valence-electron chi connectivity index (χ3n) is 2.67. The van der Waals surface area contributed by atoms with Crippen molar-refractivity contribution < 1.29 is 4.74 Å². The summed E-state index contributed by atoms with van der Waals surface area (Å²) in [6, 6.07) is 0. The van der Waals surface area contributed by atoms with Gasteiger partial charge < -0.3 is 4.74 Å². The molecular weight excluding hydrogens is 287 g/mol. The van der Waals surface area contributed by atoms with Crippen molar-refractivity contribution in [2.45, 2.75) is 48.6 Å². The summed E-state index contributed by atoms with van der Waals surface area (Å²) < 4.78 is 5.98. The molecule has 0 aromatic carbocycles. The van der Waals surface area contributed by atoms with E-state index in [2.05, 4.69) is 29.8 Å². The van der Waals surface area contributed by atoms with E-state index in [1.807, 2.05) is 13.0 Å². The highest BCUT2D eigenvalue weighted by atomic mass is 79.9. The van der Waals surface area contributed by atoms with Crippen molar-refractivity contribution in [3.8, 4) is 0 Å². The van der Waals surface area contributed by atoms with Crippen LogP contribution in [0.25, 0.3) is 0 Å². The molecule has 0 spiro atoms. The van der Waals surface area contributed by atoms with Crippen molar-refractivity contribution in [2.75, 3.05) is 0 Å². The van der Waals surface area contributed by atoms with Crippen LogP contribution in [0.5, 0.6) is 0 Å². The van der Waals surface area contributed by atoms with Crippen LogP contribution in [0.4, 0.5) is 0 Å². The zero-order valence-electron chi connectivity index (χ0n) is 8.56. The molecule has 1 heterocycles. The molecule has 14 heavy (non-hydrogen) atoms. The summed E-state index contributed by atoms with van der Waals surface area (Å²) in [6.45, 7) is 6.06. The normalized spacial score (nSPS) is 43.0. The average Bonchev–Trinajstić information content (AvgIpc) is 2.01. The Labute approximate surface area is 104 Å². The first kappa shape index (κ1) is 12.8. The Morgan fingerprint density at radius 3 is 2.50 bits per heavy atom. The van der Waals surface area contributed by atoms with E-state index in [1.165, 1.54) is 5.54 Å². The first-order valence-corrected chi connectivity index (χ1v) is 6.37. The minimum atomic E-state index is -0.475. The van der Waals surface area contributed by atoms with Crippen molar-refractivity contribution in [1.29, 1.82) is 0 Å². The Kier molecular flexibility index (Phi) is 3.96. The van der Waals surface area contributed by atoms with Crippen LogP contribution in [0.3, 0.4) is 0 Å². The van der Waals surface area contributed by atoms with Gasteiger partial charge in [-0.2, -0.15) is 0 Å². The fourth-order valence-corrected chi connectivity index (χ4v) is 2.89. The van der Waals surface area contributed by atoms with E-state index in [4.69, 9.17) is 27.9 Å². The van der Waals surface area contributed by atoms with Crippen molar-refractivity contribution in [3.05, 3.63) is 11.6 Å². The van der Waals surface area contributed by atoms with Crippen LogP contribution in [-0.2, 0) is 4.74 Å². The topological polar surface area (TPSA) is 9.23 Å². The fraction of sp³-hybridized carbons (Fsp3) is 0.800. The van der Waals surface area contributed by atoms with Crippen LogP contribution in [0.2, 0.25) is 0 Å². The van der Waals surface area contributed by atoms with E-state index in [9.17, 15) is 0 Å². The number of hydrogen-bond acceptors (Lipinski definition) is 1. The largest absolute Gasteiger partial charge is 0.363 e. The zero-order chi connectivity index (χ0) is 11.0. The van der Waals surface area contributed by atoms with Crippen molar-refractivity contribution in [3.63, 3.8) is 0 Å². The molecule has 0 aromatic heterocycles. The highest BCUT2D eigenvalue weighted by molar-refractivity contribution is 9.09. The van der Waals surface area contributed by atoms with E-state index < -0.39 is 5.60 Å². The smallest absolute Gasteiger partial charge is 0.102 e. The summed E-state index contributed by atoms with van der Waals surface area (Å²) in [7, 11) is 0.